The predicted octanol–water partition coefficient (Wildman–Crippen LogP) is 3.97. The Bertz CT molecular complexity index is 1230. The van der Waals surface area contributed by atoms with Gasteiger partial charge in [-0.25, -0.2) is 0 Å². The molecule has 166 valence electrons. The van der Waals surface area contributed by atoms with E-state index < -0.39 is 6.04 Å². The van der Waals surface area contributed by atoms with Gasteiger partial charge in [-0.15, -0.1) is 6.58 Å². The summed E-state index contributed by atoms with van der Waals surface area (Å²) in [7, 11) is 0. The second-order valence-corrected chi connectivity index (χ2v) is 9.98. The van der Waals surface area contributed by atoms with Crippen LogP contribution in [0, 0.1) is 0 Å². The van der Waals surface area contributed by atoms with E-state index >= 15 is 0 Å². The molecule has 32 heavy (non-hydrogen) atoms. The molecular formula is C26H29N3O3. The van der Waals surface area contributed by atoms with Crippen LogP contribution in [0.15, 0.2) is 42.6 Å². The maximum atomic E-state index is 13.2. The van der Waals surface area contributed by atoms with Crippen LogP contribution in [0.4, 0.5) is 0 Å². The van der Waals surface area contributed by atoms with Gasteiger partial charge in [-0.3, -0.25) is 9.59 Å². The first-order valence-electron chi connectivity index (χ1n) is 11.1. The van der Waals surface area contributed by atoms with Crippen LogP contribution in [-0.4, -0.2) is 39.9 Å². The Kier molecular flexibility index (Phi) is 4.42. The zero-order valence-electron chi connectivity index (χ0n) is 19.0. The Morgan fingerprint density at radius 2 is 2.09 bits per heavy atom. The van der Waals surface area contributed by atoms with Crippen LogP contribution < -0.4 is 10.1 Å². The first-order chi connectivity index (χ1) is 15.1. The average Bonchev–Trinajstić information content (AvgIpc) is 3.36. The van der Waals surface area contributed by atoms with Gasteiger partial charge >= 0.3 is 0 Å². The summed E-state index contributed by atoms with van der Waals surface area (Å²) < 4.78 is 6.17. The molecule has 0 radical (unpaired) electrons. The fourth-order valence-corrected chi connectivity index (χ4v) is 4.81. The van der Waals surface area contributed by atoms with Crippen molar-refractivity contribution in [3.8, 4) is 5.75 Å². The molecule has 0 aliphatic carbocycles. The molecule has 1 aromatic heterocycles. The Morgan fingerprint density at radius 1 is 1.31 bits per heavy atom. The van der Waals surface area contributed by atoms with E-state index in [4.69, 9.17) is 4.74 Å². The number of allylic oxidation sites excluding steroid dienone is 1. The van der Waals surface area contributed by atoms with Crippen LogP contribution in [0.25, 0.3) is 17.0 Å². The van der Waals surface area contributed by atoms with Gasteiger partial charge in [-0.05, 0) is 38.0 Å². The number of benzene rings is 1. The number of nitrogens with zero attached hydrogens (tertiary/aromatic N) is 1. The SMILES string of the molecule is C=CC(C)(C)c1[nH]c2cc3c(cc2c1C[C@@H]1NC(=O)C2=CCCN2C1=O)C=CC(C)(C)O3. The molecule has 2 aromatic rings. The molecule has 0 saturated carbocycles. The average molecular weight is 432 g/mol. The molecular weight excluding hydrogens is 402 g/mol. The van der Waals surface area contributed by atoms with E-state index in [2.05, 4.69) is 42.9 Å². The number of fused-ring (bicyclic) bond motifs is 3. The lowest BCUT2D eigenvalue weighted by molar-refractivity contribution is -0.139. The van der Waals surface area contributed by atoms with Crippen LogP contribution in [0.5, 0.6) is 5.75 Å². The normalized spacial score (nSPS) is 21.7. The van der Waals surface area contributed by atoms with Crippen LogP contribution in [0.2, 0.25) is 0 Å². The molecule has 4 heterocycles. The third-order valence-corrected chi connectivity index (χ3v) is 6.72. The van der Waals surface area contributed by atoms with Crippen molar-refractivity contribution in [1.82, 2.24) is 15.2 Å². The van der Waals surface area contributed by atoms with Crippen LogP contribution >= 0.6 is 0 Å². The summed E-state index contributed by atoms with van der Waals surface area (Å²) in [5.41, 5.74) is 3.75. The number of carbonyl (C=O) groups is 2. The first-order valence-corrected chi connectivity index (χ1v) is 11.1. The van der Waals surface area contributed by atoms with Crippen molar-refractivity contribution in [2.75, 3.05) is 6.54 Å². The molecule has 0 bridgehead atoms. The van der Waals surface area contributed by atoms with Crippen molar-refractivity contribution < 1.29 is 14.3 Å². The Morgan fingerprint density at radius 3 is 2.84 bits per heavy atom. The number of aromatic amines is 1. The highest BCUT2D eigenvalue weighted by Gasteiger charge is 2.39. The monoisotopic (exact) mass is 431 g/mol. The molecule has 1 fully saturated rings. The first kappa shape index (κ1) is 20.6. The van der Waals surface area contributed by atoms with Gasteiger partial charge in [-0.2, -0.15) is 0 Å². The minimum atomic E-state index is -0.599. The number of hydrogen-bond acceptors (Lipinski definition) is 3. The number of H-pyrrole nitrogens is 1. The summed E-state index contributed by atoms with van der Waals surface area (Å²) in [5, 5.41) is 3.97. The van der Waals surface area contributed by atoms with Crippen molar-refractivity contribution in [2.24, 2.45) is 0 Å². The van der Waals surface area contributed by atoms with E-state index in [-0.39, 0.29) is 22.8 Å². The standard InChI is InChI=1S/C26H29N3O3/c1-6-25(2,3)22-17(13-19-24(31)29-11-7-8-20(29)23(30)28-19)16-12-15-9-10-26(4,5)32-21(15)14-18(16)27-22/h6,8-10,12,14,19,27H,1,7,11,13H2,2-5H3,(H,28,30)/t19-/m0/s1. The highest BCUT2D eigenvalue weighted by molar-refractivity contribution is 6.05. The largest absolute Gasteiger partial charge is 0.483 e. The van der Waals surface area contributed by atoms with E-state index in [0.717, 1.165) is 39.9 Å². The molecule has 1 atom stereocenters. The summed E-state index contributed by atoms with van der Waals surface area (Å²) in [4.78, 5) is 30.9. The molecule has 3 aliphatic heterocycles. The third kappa shape index (κ3) is 3.17. The molecule has 0 unspecified atom stereocenters. The molecule has 2 amide bonds. The fraction of sp³-hybridized carbons (Fsp3) is 0.385. The van der Waals surface area contributed by atoms with E-state index in [1.54, 1.807) is 4.90 Å². The molecule has 2 N–H and O–H groups in total. The second-order valence-electron chi connectivity index (χ2n) is 9.98. The lowest BCUT2D eigenvalue weighted by atomic mass is 9.84. The Labute approximate surface area is 188 Å². The highest BCUT2D eigenvalue weighted by Crippen LogP contribution is 2.39. The van der Waals surface area contributed by atoms with Crippen molar-refractivity contribution >= 4 is 28.8 Å². The summed E-state index contributed by atoms with van der Waals surface area (Å²) in [5.74, 6) is 0.607. The van der Waals surface area contributed by atoms with Gasteiger partial charge in [0.1, 0.15) is 23.1 Å². The number of ether oxygens (including phenoxy) is 1. The minimum Gasteiger partial charge on any atom is -0.483 e. The highest BCUT2D eigenvalue weighted by atomic mass is 16.5. The number of amides is 2. The topological polar surface area (TPSA) is 74.4 Å². The summed E-state index contributed by atoms with van der Waals surface area (Å²) >= 11 is 0. The molecule has 0 spiro atoms. The van der Waals surface area contributed by atoms with Crippen LogP contribution in [0.1, 0.15) is 50.9 Å². The maximum absolute atomic E-state index is 13.2. The molecule has 5 rings (SSSR count). The van der Waals surface area contributed by atoms with Crippen LogP contribution in [-0.2, 0) is 21.4 Å². The third-order valence-electron chi connectivity index (χ3n) is 6.72. The number of carbonyl (C=O) groups excluding carboxylic acids is 2. The van der Waals surface area contributed by atoms with E-state index in [1.165, 1.54) is 0 Å². The van der Waals surface area contributed by atoms with Gasteiger partial charge in [0.15, 0.2) is 0 Å². The molecule has 6 heteroatoms. The van der Waals surface area contributed by atoms with Crippen molar-refractivity contribution in [3.05, 3.63) is 59.5 Å². The van der Waals surface area contributed by atoms with Crippen LogP contribution in [0.3, 0.4) is 0 Å². The van der Waals surface area contributed by atoms with Gasteiger partial charge < -0.3 is 19.9 Å². The zero-order chi connectivity index (χ0) is 22.8. The Hall–Kier alpha value is -3.28. The van der Waals surface area contributed by atoms with E-state index in [1.807, 2.05) is 38.1 Å². The maximum Gasteiger partial charge on any atom is 0.268 e. The lowest BCUT2D eigenvalue weighted by Crippen LogP contribution is -2.56. The second kappa shape index (κ2) is 6.86. The summed E-state index contributed by atoms with van der Waals surface area (Å²) in [6.45, 7) is 12.8. The number of aromatic nitrogens is 1. The van der Waals surface area contributed by atoms with Gasteiger partial charge in [-0.1, -0.05) is 32.1 Å². The minimum absolute atomic E-state index is 0.0482. The smallest absolute Gasteiger partial charge is 0.268 e. The number of hydrogen-bond donors (Lipinski definition) is 2. The van der Waals surface area contributed by atoms with Gasteiger partial charge in [0.25, 0.3) is 5.91 Å². The van der Waals surface area contributed by atoms with Crippen molar-refractivity contribution in [1.29, 1.82) is 0 Å². The summed E-state index contributed by atoms with van der Waals surface area (Å²) in [6, 6.07) is 3.55. The molecule has 3 aliphatic rings. The number of rotatable bonds is 4. The number of nitrogens with one attached hydrogen (secondary N) is 2. The van der Waals surface area contributed by atoms with Crippen molar-refractivity contribution in [2.45, 2.75) is 57.6 Å². The Balaban J connectivity index is 1.61. The van der Waals surface area contributed by atoms with Gasteiger partial charge in [0, 0.05) is 46.6 Å². The molecule has 1 aromatic carbocycles. The fourth-order valence-electron chi connectivity index (χ4n) is 4.81. The number of piperazine rings is 1. The lowest BCUT2D eigenvalue weighted by Gasteiger charge is -2.32. The van der Waals surface area contributed by atoms with Gasteiger partial charge in [0.05, 0.1) is 0 Å². The molecule has 1 saturated heterocycles. The summed E-state index contributed by atoms with van der Waals surface area (Å²) in [6.07, 6.45) is 9.01. The molecule has 6 nitrogen and oxygen atoms in total. The quantitative estimate of drug-likeness (QED) is 0.720. The van der Waals surface area contributed by atoms with E-state index in [0.29, 0.717) is 18.7 Å². The van der Waals surface area contributed by atoms with Gasteiger partial charge in [0.2, 0.25) is 5.91 Å². The predicted molar refractivity (Wildman–Crippen MR) is 125 cm³/mol. The zero-order valence-corrected chi connectivity index (χ0v) is 19.0. The van der Waals surface area contributed by atoms with E-state index in [9.17, 15) is 9.59 Å². The van der Waals surface area contributed by atoms with Crippen molar-refractivity contribution in [3.63, 3.8) is 0 Å².